The Morgan fingerprint density at radius 2 is 1.63 bits per heavy atom. The Morgan fingerprint density at radius 3 is 2.10 bits per heavy atom. The third kappa shape index (κ3) is 6.44. The summed E-state index contributed by atoms with van der Waals surface area (Å²) in [5, 5.41) is 0. The van der Waals surface area contributed by atoms with Crippen LogP contribution < -0.4 is 0 Å². The van der Waals surface area contributed by atoms with Crippen molar-refractivity contribution in [2.45, 2.75) is 94.2 Å². The van der Waals surface area contributed by atoms with Crippen LogP contribution in [0.15, 0.2) is 0 Å². The zero-order valence-electron chi connectivity index (χ0n) is 20.4. The van der Waals surface area contributed by atoms with Gasteiger partial charge in [-0.1, -0.05) is 27.7 Å². The maximum absolute atomic E-state index is 13.4. The number of carbonyl (C=O) groups is 3. The second kappa shape index (κ2) is 10.3. The number of esters is 1. The fourth-order valence-electron chi connectivity index (χ4n) is 4.33. The number of carbonyl (C=O) groups excluding carboxylic acids is 3. The molecule has 6 heteroatoms. The smallest absolute Gasteiger partial charge is 0.355 e. The van der Waals surface area contributed by atoms with Crippen molar-refractivity contribution in [3.05, 3.63) is 22.5 Å². The molecule has 0 aliphatic carbocycles. The second-order valence-corrected chi connectivity index (χ2v) is 9.85. The van der Waals surface area contributed by atoms with Crippen LogP contribution in [-0.4, -0.2) is 46.2 Å². The molecule has 1 N–H and O–H groups in total. The van der Waals surface area contributed by atoms with Crippen molar-refractivity contribution in [1.29, 1.82) is 0 Å². The minimum Gasteiger partial charge on any atom is -0.461 e. The fourth-order valence-corrected chi connectivity index (χ4v) is 4.33. The standard InChI is InChI=1S/C24H40N2O4/c1-11-30-23(29)21-16(5)20(17(6)25-21)22(28)18(7)26(14(2)3)19(27)12-15(4)13-24(8,9)10/h14-15,18,25H,11-13H2,1-10H3. The minimum absolute atomic E-state index is 0.0148. The van der Waals surface area contributed by atoms with Crippen molar-refractivity contribution in [1.82, 2.24) is 9.88 Å². The molecule has 2 atom stereocenters. The van der Waals surface area contributed by atoms with Crippen LogP contribution >= 0.6 is 0 Å². The maximum Gasteiger partial charge on any atom is 0.355 e. The van der Waals surface area contributed by atoms with Gasteiger partial charge in [0.15, 0.2) is 5.78 Å². The lowest BCUT2D eigenvalue weighted by molar-refractivity contribution is -0.135. The van der Waals surface area contributed by atoms with Gasteiger partial charge in [-0.3, -0.25) is 9.59 Å². The highest BCUT2D eigenvalue weighted by Crippen LogP contribution is 2.28. The monoisotopic (exact) mass is 420 g/mol. The van der Waals surface area contributed by atoms with E-state index in [1.54, 1.807) is 32.6 Å². The third-order valence-corrected chi connectivity index (χ3v) is 5.29. The summed E-state index contributed by atoms with van der Waals surface area (Å²) < 4.78 is 5.08. The van der Waals surface area contributed by atoms with E-state index in [0.29, 0.717) is 28.9 Å². The number of hydrogen-bond acceptors (Lipinski definition) is 4. The van der Waals surface area contributed by atoms with Crippen molar-refractivity contribution in [3.63, 3.8) is 0 Å². The minimum atomic E-state index is -0.623. The number of aryl methyl sites for hydroxylation is 1. The first-order valence-corrected chi connectivity index (χ1v) is 10.9. The topological polar surface area (TPSA) is 79.5 Å². The zero-order valence-corrected chi connectivity index (χ0v) is 20.4. The number of H-pyrrole nitrogens is 1. The van der Waals surface area contributed by atoms with Crippen molar-refractivity contribution in [3.8, 4) is 0 Å². The van der Waals surface area contributed by atoms with Crippen molar-refractivity contribution < 1.29 is 19.1 Å². The number of ether oxygens (including phenoxy) is 1. The van der Waals surface area contributed by atoms with E-state index in [2.05, 4.69) is 32.7 Å². The summed E-state index contributed by atoms with van der Waals surface area (Å²) >= 11 is 0. The number of hydrogen-bond donors (Lipinski definition) is 1. The molecule has 1 aromatic heterocycles. The molecule has 0 bridgehead atoms. The van der Waals surface area contributed by atoms with Crippen LogP contribution in [0.2, 0.25) is 0 Å². The van der Waals surface area contributed by atoms with Crippen LogP contribution in [0.4, 0.5) is 0 Å². The molecule has 0 radical (unpaired) electrons. The average molecular weight is 421 g/mol. The molecule has 0 aliphatic rings. The van der Waals surface area contributed by atoms with Crippen LogP contribution in [0, 0.1) is 25.2 Å². The molecule has 0 spiro atoms. The highest BCUT2D eigenvalue weighted by Gasteiger charge is 2.33. The van der Waals surface area contributed by atoms with E-state index in [1.165, 1.54) is 0 Å². The quantitative estimate of drug-likeness (QED) is 0.446. The van der Waals surface area contributed by atoms with E-state index < -0.39 is 12.0 Å². The normalized spacial score (nSPS) is 13.8. The van der Waals surface area contributed by atoms with Crippen LogP contribution in [0.5, 0.6) is 0 Å². The number of rotatable bonds is 9. The molecular formula is C24H40N2O4. The third-order valence-electron chi connectivity index (χ3n) is 5.29. The molecule has 30 heavy (non-hydrogen) atoms. The van der Waals surface area contributed by atoms with E-state index in [0.717, 1.165) is 6.42 Å². The Kier molecular flexibility index (Phi) is 8.88. The number of nitrogens with one attached hydrogen (secondary N) is 1. The van der Waals surface area contributed by atoms with Crippen LogP contribution in [-0.2, 0) is 9.53 Å². The maximum atomic E-state index is 13.4. The van der Waals surface area contributed by atoms with Crippen molar-refractivity contribution in [2.75, 3.05) is 6.61 Å². The molecule has 2 unspecified atom stereocenters. The van der Waals surface area contributed by atoms with Gasteiger partial charge in [0.1, 0.15) is 5.69 Å². The van der Waals surface area contributed by atoms with Gasteiger partial charge >= 0.3 is 5.97 Å². The summed E-state index contributed by atoms with van der Waals surface area (Å²) in [4.78, 5) is 43.3. The molecule has 170 valence electrons. The molecule has 6 nitrogen and oxygen atoms in total. The van der Waals surface area contributed by atoms with Crippen LogP contribution in [0.3, 0.4) is 0 Å². The average Bonchev–Trinajstić information content (AvgIpc) is 2.86. The van der Waals surface area contributed by atoms with Gasteiger partial charge in [-0.2, -0.15) is 0 Å². The summed E-state index contributed by atoms with van der Waals surface area (Å²) in [6, 6.07) is -0.732. The van der Waals surface area contributed by atoms with Gasteiger partial charge in [-0.05, 0) is 64.9 Å². The molecule has 0 saturated carbocycles. The van der Waals surface area contributed by atoms with Crippen molar-refractivity contribution in [2.24, 2.45) is 11.3 Å². The van der Waals surface area contributed by atoms with Gasteiger partial charge in [0.2, 0.25) is 5.91 Å². The van der Waals surface area contributed by atoms with Gasteiger partial charge in [-0.25, -0.2) is 4.79 Å². The lowest BCUT2D eigenvalue weighted by atomic mass is 9.84. The predicted octanol–water partition coefficient (Wildman–Crippen LogP) is 5.08. The number of nitrogens with zero attached hydrogens (tertiary/aromatic N) is 1. The number of amides is 1. The predicted molar refractivity (Wildman–Crippen MR) is 120 cm³/mol. The second-order valence-electron chi connectivity index (χ2n) is 9.85. The van der Waals surface area contributed by atoms with Crippen LogP contribution in [0.1, 0.15) is 100 Å². The highest BCUT2D eigenvalue weighted by molar-refractivity contribution is 6.06. The lowest BCUT2D eigenvalue weighted by Gasteiger charge is -2.34. The van der Waals surface area contributed by atoms with E-state index in [-0.39, 0.29) is 35.7 Å². The molecule has 1 rings (SSSR count). The number of Topliss-reactive ketones (excluding diaryl/α,β-unsaturated/α-hetero) is 1. The number of ketones is 1. The van der Waals surface area contributed by atoms with Gasteiger partial charge in [0.05, 0.1) is 12.6 Å². The van der Waals surface area contributed by atoms with Crippen LogP contribution in [0.25, 0.3) is 0 Å². The molecular weight excluding hydrogens is 380 g/mol. The van der Waals surface area contributed by atoms with E-state index in [9.17, 15) is 14.4 Å². The summed E-state index contributed by atoms with van der Waals surface area (Å²) in [5.74, 6) is -0.425. The lowest BCUT2D eigenvalue weighted by Crippen LogP contribution is -2.48. The molecule has 0 aromatic carbocycles. The van der Waals surface area contributed by atoms with E-state index in [4.69, 9.17) is 4.74 Å². The van der Waals surface area contributed by atoms with Gasteiger partial charge in [-0.15, -0.1) is 0 Å². The molecule has 1 aromatic rings. The Bertz CT molecular complexity index is 771. The summed E-state index contributed by atoms with van der Waals surface area (Å²) in [7, 11) is 0. The Balaban J connectivity index is 3.13. The molecule has 1 amide bonds. The highest BCUT2D eigenvalue weighted by atomic mass is 16.5. The summed E-state index contributed by atoms with van der Waals surface area (Å²) in [6.07, 6.45) is 1.35. The van der Waals surface area contributed by atoms with E-state index in [1.807, 2.05) is 13.8 Å². The summed E-state index contributed by atoms with van der Waals surface area (Å²) in [6.45, 7) is 19.7. The fraction of sp³-hybridized carbons (Fsp3) is 0.708. The SMILES string of the molecule is CCOC(=O)c1[nH]c(C)c(C(=O)C(C)N(C(=O)CC(C)CC(C)(C)C)C(C)C)c1C. The Labute approximate surface area is 181 Å². The largest absolute Gasteiger partial charge is 0.461 e. The molecule has 1 heterocycles. The Morgan fingerprint density at radius 1 is 1.07 bits per heavy atom. The summed E-state index contributed by atoms with van der Waals surface area (Å²) in [5.41, 5.74) is 2.09. The zero-order chi connectivity index (χ0) is 23.4. The molecule has 0 saturated heterocycles. The van der Waals surface area contributed by atoms with Gasteiger partial charge < -0.3 is 14.6 Å². The van der Waals surface area contributed by atoms with Crippen molar-refractivity contribution >= 4 is 17.7 Å². The Hall–Kier alpha value is -2.11. The van der Waals surface area contributed by atoms with Gasteiger partial charge in [0.25, 0.3) is 0 Å². The van der Waals surface area contributed by atoms with Gasteiger partial charge in [0, 0.05) is 23.7 Å². The first kappa shape index (κ1) is 25.9. The first-order valence-electron chi connectivity index (χ1n) is 10.9. The first-order chi connectivity index (χ1) is 13.7. The van der Waals surface area contributed by atoms with E-state index >= 15 is 0 Å². The number of aromatic nitrogens is 1. The molecule has 0 aliphatic heterocycles. The molecule has 0 fully saturated rings. The number of aromatic amines is 1.